The van der Waals surface area contributed by atoms with Gasteiger partial charge < -0.3 is 15.0 Å². The Morgan fingerprint density at radius 1 is 1.14 bits per heavy atom. The number of para-hydroxylation sites is 1. The summed E-state index contributed by atoms with van der Waals surface area (Å²) < 4.78 is 1.71. The average Bonchev–Trinajstić information content (AvgIpc) is 3.00. The number of hydrogen-bond acceptors (Lipinski definition) is 4. The van der Waals surface area contributed by atoms with E-state index < -0.39 is 5.91 Å². The molecule has 3 aromatic rings. The Balaban J connectivity index is 1.56. The van der Waals surface area contributed by atoms with Crippen molar-refractivity contribution in [3.63, 3.8) is 0 Å². The van der Waals surface area contributed by atoms with Gasteiger partial charge in [-0.25, -0.2) is 0 Å². The van der Waals surface area contributed by atoms with E-state index in [0.717, 1.165) is 10.9 Å². The number of benzene rings is 2. The number of aromatic nitrogens is 1. The van der Waals surface area contributed by atoms with Crippen molar-refractivity contribution in [1.29, 1.82) is 0 Å². The molecule has 0 fully saturated rings. The van der Waals surface area contributed by atoms with Crippen molar-refractivity contribution >= 4 is 40.0 Å². The summed E-state index contributed by atoms with van der Waals surface area (Å²) in [5.41, 5.74) is 1.50. The number of carbonyl (C=O) groups is 2. The van der Waals surface area contributed by atoms with E-state index in [1.165, 1.54) is 0 Å². The minimum Gasteiger partial charge on any atom is -0.493 e. The molecule has 0 atom stereocenters. The molecule has 150 valence electrons. The average molecular weight is 413 g/mol. The van der Waals surface area contributed by atoms with Gasteiger partial charge in [-0.15, -0.1) is 10.2 Å². The zero-order valence-corrected chi connectivity index (χ0v) is 16.7. The van der Waals surface area contributed by atoms with Crippen LogP contribution in [-0.2, 0) is 11.3 Å². The molecule has 1 heterocycles. The monoisotopic (exact) mass is 412 g/mol. The second-order valence-electron chi connectivity index (χ2n) is 6.37. The molecule has 2 amide bonds. The SMILES string of the molecule is CCn1c(O)c(N=NC(=O)CCCNC(=O)c2ccccc2Cl)c2ccccc21. The van der Waals surface area contributed by atoms with Gasteiger partial charge >= 0.3 is 0 Å². The Labute approximate surface area is 173 Å². The summed E-state index contributed by atoms with van der Waals surface area (Å²) in [5.74, 6) is -0.732. The maximum Gasteiger partial charge on any atom is 0.264 e. The molecule has 0 radical (unpaired) electrons. The van der Waals surface area contributed by atoms with Gasteiger partial charge in [0, 0.05) is 24.9 Å². The number of nitrogens with zero attached hydrogens (tertiary/aromatic N) is 3. The van der Waals surface area contributed by atoms with E-state index in [0.29, 0.717) is 30.1 Å². The van der Waals surface area contributed by atoms with E-state index in [1.807, 2.05) is 31.2 Å². The first kappa shape index (κ1) is 20.5. The molecule has 0 unspecified atom stereocenters. The van der Waals surface area contributed by atoms with E-state index in [4.69, 9.17) is 11.6 Å². The lowest BCUT2D eigenvalue weighted by Crippen LogP contribution is -2.25. The first-order chi connectivity index (χ1) is 14.0. The number of nitrogens with one attached hydrogen (secondary N) is 1. The van der Waals surface area contributed by atoms with Crippen LogP contribution in [0.1, 0.15) is 30.1 Å². The summed E-state index contributed by atoms with van der Waals surface area (Å²) in [4.78, 5) is 24.1. The molecule has 0 saturated heterocycles. The largest absolute Gasteiger partial charge is 0.493 e. The molecule has 2 N–H and O–H groups in total. The van der Waals surface area contributed by atoms with Crippen molar-refractivity contribution in [3.8, 4) is 5.88 Å². The summed E-state index contributed by atoms with van der Waals surface area (Å²) in [7, 11) is 0. The lowest BCUT2D eigenvalue weighted by atomic mass is 10.2. The van der Waals surface area contributed by atoms with Crippen LogP contribution in [0.15, 0.2) is 58.8 Å². The minimum atomic E-state index is -0.426. The highest BCUT2D eigenvalue weighted by Gasteiger charge is 2.15. The van der Waals surface area contributed by atoms with Crippen LogP contribution in [0.2, 0.25) is 5.02 Å². The van der Waals surface area contributed by atoms with Gasteiger partial charge in [-0.1, -0.05) is 41.9 Å². The second-order valence-corrected chi connectivity index (χ2v) is 6.77. The van der Waals surface area contributed by atoms with Gasteiger partial charge in [-0.2, -0.15) is 0 Å². The van der Waals surface area contributed by atoms with Gasteiger partial charge in [-0.05, 0) is 31.5 Å². The van der Waals surface area contributed by atoms with Crippen LogP contribution in [0.3, 0.4) is 0 Å². The van der Waals surface area contributed by atoms with E-state index in [1.54, 1.807) is 28.8 Å². The maximum atomic E-state index is 12.1. The van der Waals surface area contributed by atoms with Crippen LogP contribution in [0.5, 0.6) is 5.88 Å². The van der Waals surface area contributed by atoms with Crippen molar-refractivity contribution in [2.45, 2.75) is 26.3 Å². The molecule has 0 aliphatic heterocycles. The van der Waals surface area contributed by atoms with Crippen LogP contribution in [-0.4, -0.2) is 28.0 Å². The summed E-state index contributed by atoms with van der Waals surface area (Å²) in [6.45, 7) is 2.79. The van der Waals surface area contributed by atoms with Crippen molar-refractivity contribution in [1.82, 2.24) is 9.88 Å². The molecule has 1 aromatic heterocycles. The van der Waals surface area contributed by atoms with Crippen molar-refractivity contribution in [2.75, 3.05) is 6.54 Å². The number of carbonyl (C=O) groups excluding carboxylic acids is 2. The Kier molecular flexibility index (Phi) is 6.61. The molecule has 0 spiro atoms. The van der Waals surface area contributed by atoms with Crippen LogP contribution in [0.4, 0.5) is 5.69 Å². The summed E-state index contributed by atoms with van der Waals surface area (Å²) in [5, 5.41) is 21.9. The number of rotatable bonds is 7. The summed E-state index contributed by atoms with van der Waals surface area (Å²) in [6.07, 6.45) is 0.538. The second kappa shape index (κ2) is 9.34. The van der Waals surface area contributed by atoms with Gasteiger partial charge in [-0.3, -0.25) is 9.59 Å². The van der Waals surface area contributed by atoms with Gasteiger partial charge in [0.2, 0.25) is 5.88 Å². The standard InChI is InChI=1S/C21H21ClN4O3/c1-2-26-17-11-6-4-9-15(17)19(21(26)29)25-24-18(27)12-7-13-23-20(28)14-8-3-5-10-16(14)22/h3-6,8-11,29H,2,7,12-13H2,1H3,(H,23,28). The quantitative estimate of drug-likeness (QED) is 0.429. The Hall–Kier alpha value is -3.19. The normalized spacial score (nSPS) is 11.2. The van der Waals surface area contributed by atoms with E-state index in [2.05, 4.69) is 15.5 Å². The van der Waals surface area contributed by atoms with Crippen LogP contribution in [0, 0.1) is 0 Å². The molecule has 7 nitrogen and oxygen atoms in total. The molecular weight excluding hydrogens is 392 g/mol. The first-order valence-electron chi connectivity index (χ1n) is 9.30. The summed E-state index contributed by atoms with van der Waals surface area (Å²) in [6, 6.07) is 14.2. The number of hydrogen-bond donors (Lipinski definition) is 2. The number of azo groups is 1. The Bertz CT molecular complexity index is 1070. The highest BCUT2D eigenvalue weighted by atomic mass is 35.5. The highest BCUT2D eigenvalue weighted by Crippen LogP contribution is 2.38. The zero-order valence-electron chi connectivity index (χ0n) is 15.9. The smallest absolute Gasteiger partial charge is 0.264 e. The summed E-state index contributed by atoms with van der Waals surface area (Å²) >= 11 is 5.98. The third-order valence-corrected chi connectivity index (χ3v) is 4.80. The van der Waals surface area contributed by atoms with Gasteiger partial charge in [0.25, 0.3) is 11.8 Å². The van der Waals surface area contributed by atoms with Crippen LogP contribution in [0.25, 0.3) is 10.9 Å². The minimum absolute atomic E-state index is 0.0164. The highest BCUT2D eigenvalue weighted by molar-refractivity contribution is 6.33. The van der Waals surface area contributed by atoms with Crippen molar-refractivity contribution < 1.29 is 14.7 Å². The molecule has 0 aliphatic carbocycles. The zero-order chi connectivity index (χ0) is 20.8. The molecule has 3 rings (SSSR count). The van der Waals surface area contributed by atoms with Gasteiger partial charge in [0.05, 0.1) is 16.1 Å². The number of aryl methyl sites for hydroxylation is 1. The lowest BCUT2D eigenvalue weighted by Gasteiger charge is -2.05. The molecule has 0 saturated carbocycles. The number of halogens is 1. The van der Waals surface area contributed by atoms with Gasteiger partial charge in [0.1, 0.15) is 0 Å². The topological polar surface area (TPSA) is 96.0 Å². The molecule has 0 aliphatic rings. The molecule has 0 bridgehead atoms. The van der Waals surface area contributed by atoms with Crippen LogP contribution >= 0.6 is 11.6 Å². The Morgan fingerprint density at radius 3 is 2.62 bits per heavy atom. The van der Waals surface area contributed by atoms with E-state index in [9.17, 15) is 14.7 Å². The van der Waals surface area contributed by atoms with Crippen molar-refractivity contribution in [2.24, 2.45) is 10.2 Å². The molecular formula is C21H21ClN4O3. The molecule has 2 aromatic carbocycles. The predicted octanol–water partition coefficient (Wildman–Crippen LogP) is 4.84. The Morgan fingerprint density at radius 2 is 1.86 bits per heavy atom. The third kappa shape index (κ3) is 4.63. The third-order valence-electron chi connectivity index (χ3n) is 4.47. The van der Waals surface area contributed by atoms with Crippen molar-refractivity contribution in [3.05, 3.63) is 59.1 Å². The number of aromatic hydroxyl groups is 1. The van der Waals surface area contributed by atoms with E-state index in [-0.39, 0.29) is 23.9 Å². The fourth-order valence-corrected chi connectivity index (χ4v) is 3.25. The predicted molar refractivity (Wildman–Crippen MR) is 112 cm³/mol. The fraction of sp³-hybridized carbons (Fsp3) is 0.238. The fourth-order valence-electron chi connectivity index (χ4n) is 3.03. The number of fused-ring (bicyclic) bond motifs is 1. The maximum absolute atomic E-state index is 12.1. The first-order valence-corrected chi connectivity index (χ1v) is 9.68. The van der Waals surface area contributed by atoms with E-state index >= 15 is 0 Å². The number of amides is 2. The van der Waals surface area contributed by atoms with Crippen LogP contribution < -0.4 is 5.32 Å². The molecule has 29 heavy (non-hydrogen) atoms. The molecule has 8 heteroatoms. The van der Waals surface area contributed by atoms with Gasteiger partial charge in [0.15, 0.2) is 5.69 Å². The lowest BCUT2D eigenvalue weighted by molar-refractivity contribution is -0.118.